The molecule has 6 nitrogen and oxygen atoms in total. The fraction of sp³-hybridized carbons (Fsp3) is 0.250. The third-order valence-corrected chi connectivity index (χ3v) is 2.29. The van der Waals surface area contributed by atoms with Crippen LogP contribution in [0.25, 0.3) is 0 Å². The van der Waals surface area contributed by atoms with Crippen molar-refractivity contribution in [1.29, 1.82) is 0 Å². The maximum Gasteiger partial charge on any atom is 0.0458 e. The van der Waals surface area contributed by atoms with Gasteiger partial charge in [-0.05, 0) is 16.7 Å². The predicted molar refractivity (Wildman–Crippen MR) is 52.6 cm³/mol. The number of carbonyl (C=O) groups excluding carboxylic acids is 3. The topological polar surface area (TPSA) is 120 Å². The van der Waals surface area contributed by atoms with Gasteiger partial charge in [-0.3, -0.25) is 0 Å². The lowest BCUT2D eigenvalue weighted by Gasteiger charge is -2.13. The molecular weight excluding hydrogens is 240 g/mol. The van der Waals surface area contributed by atoms with Gasteiger partial charge < -0.3 is 29.7 Å². The molecule has 0 amide bonds. The van der Waals surface area contributed by atoms with E-state index in [2.05, 4.69) is 0 Å². The summed E-state index contributed by atoms with van der Waals surface area (Å²) in [7, 11) is 0. The molecule has 0 fully saturated rings. The summed E-state index contributed by atoms with van der Waals surface area (Å²) in [5.41, 5.74) is 0.813. The highest BCUT2D eigenvalue weighted by atomic mass is 16.4. The fourth-order valence-electron chi connectivity index (χ4n) is 1.60. The molecule has 1 aromatic carbocycles. The van der Waals surface area contributed by atoms with Crippen LogP contribution in [0.2, 0.25) is 0 Å². The van der Waals surface area contributed by atoms with E-state index in [1.54, 1.807) is 0 Å². The monoisotopic (exact) mass is 249 g/mol. The zero-order valence-corrected chi connectivity index (χ0v) is 9.30. The average molecular weight is 249 g/mol. The molecule has 0 aliphatic carbocycles. The van der Waals surface area contributed by atoms with Gasteiger partial charge in [0.25, 0.3) is 0 Å². The van der Waals surface area contributed by atoms with E-state index in [1.165, 1.54) is 18.2 Å². The molecule has 0 aliphatic rings. The summed E-state index contributed by atoms with van der Waals surface area (Å²) in [5, 5.41) is 31.4. The van der Waals surface area contributed by atoms with Crippen LogP contribution >= 0.6 is 0 Å². The van der Waals surface area contributed by atoms with E-state index in [9.17, 15) is 29.7 Å². The largest absolute Gasteiger partial charge is 0.550 e. The first-order valence-corrected chi connectivity index (χ1v) is 5.08. The maximum atomic E-state index is 10.5. The second-order valence-corrected chi connectivity index (χ2v) is 3.75. The first kappa shape index (κ1) is 13.7. The molecule has 6 heteroatoms. The standard InChI is InChI=1S/C12H12O6/c13-10(14)4-7-1-2-8(5-11(15)16)9(3-7)6-12(17)18/h1-3H,4-6H2,(H,13,14)(H,15,16)(H,17,18)/p-3. The van der Waals surface area contributed by atoms with Gasteiger partial charge >= 0.3 is 0 Å². The summed E-state index contributed by atoms with van der Waals surface area (Å²) >= 11 is 0. The normalized spacial score (nSPS) is 10.0. The van der Waals surface area contributed by atoms with E-state index in [1.807, 2.05) is 0 Å². The smallest absolute Gasteiger partial charge is 0.0458 e. The van der Waals surface area contributed by atoms with Gasteiger partial charge in [0.05, 0.1) is 0 Å². The molecule has 0 radical (unpaired) electrons. The minimum absolute atomic E-state index is 0.206. The molecule has 0 atom stereocenters. The van der Waals surface area contributed by atoms with E-state index in [0.717, 1.165) is 0 Å². The van der Waals surface area contributed by atoms with Crippen molar-refractivity contribution in [2.45, 2.75) is 19.3 Å². The lowest BCUT2D eigenvalue weighted by molar-refractivity contribution is -0.306. The Bertz CT molecular complexity index is 491. The van der Waals surface area contributed by atoms with E-state index >= 15 is 0 Å². The Morgan fingerprint density at radius 2 is 1.28 bits per heavy atom. The fourth-order valence-corrected chi connectivity index (χ4v) is 1.60. The van der Waals surface area contributed by atoms with Crippen LogP contribution < -0.4 is 15.3 Å². The zero-order valence-electron chi connectivity index (χ0n) is 9.30. The summed E-state index contributed by atoms with van der Waals surface area (Å²) in [5.74, 6) is -4.02. The second kappa shape index (κ2) is 5.81. The van der Waals surface area contributed by atoms with Crippen LogP contribution in [0.3, 0.4) is 0 Å². The van der Waals surface area contributed by atoms with Crippen molar-refractivity contribution in [2.24, 2.45) is 0 Å². The van der Waals surface area contributed by atoms with Gasteiger partial charge in [-0.25, -0.2) is 0 Å². The molecule has 0 saturated heterocycles. The quantitative estimate of drug-likeness (QED) is 0.517. The molecule has 18 heavy (non-hydrogen) atoms. The Kier molecular flexibility index (Phi) is 4.42. The van der Waals surface area contributed by atoms with E-state index in [0.29, 0.717) is 5.56 Å². The number of aliphatic carboxylic acids is 3. The first-order chi connectivity index (χ1) is 8.38. The Morgan fingerprint density at radius 3 is 1.78 bits per heavy atom. The minimum atomic E-state index is -1.37. The number of hydrogen-bond donors (Lipinski definition) is 0. The van der Waals surface area contributed by atoms with Crippen LogP contribution in [0.15, 0.2) is 18.2 Å². The minimum Gasteiger partial charge on any atom is -0.550 e. The van der Waals surface area contributed by atoms with Gasteiger partial charge in [-0.15, -0.1) is 0 Å². The van der Waals surface area contributed by atoms with Crippen LogP contribution in [-0.4, -0.2) is 17.9 Å². The molecule has 0 unspecified atom stereocenters. The van der Waals surface area contributed by atoms with Crippen molar-refractivity contribution in [3.05, 3.63) is 34.9 Å². The van der Waals surface area contributed by atoms with Gasteiger partial charge in [0, 0.05) is 37.2 Å². The Hall–Kier alpha value is -2.37. The van der Waals surface area contributed by atoms with E-state index < -0.39 is 30.7 Å². The Balaban J connectivity index is 3.06. The average Bonchev–Trinajstić information content (AvgIpc) is 2.19. The van der Waals surface area contributed by atoms with Crippen LogP contribution in [0, 0.1) is 0 Å². The third kappa shape index (κ3) is 4.25. The van der Waals surface area contributed by atoms with Crippen LogP contribution in [0.4, 0.5) is 0 Å². The predicted octanol–water partition coefficient (Wildman–Crippen LogP) is -3.44. The number of carboxylic acids is 3. The van der Waals surface area contributed by atoms with Crippen molar-refractivity contribution < 1.29 is 29.7 Å². The SMILES string of the molecule is O=C([O-])Cc1ccc(CC(=O)[O-])c(CC(=O)[O-])c1. The molecule has 0 aliphatic heterocycles. The number of rotatable bonds is 6. The maximum absolute atomic E-state index is 10.5. The number of benzene rings is 1. The van der Waals surface area contributed by atoms with Crippen molar-refractivity contribution in [3.8, 4) is 0 Å². The van der Waals surface area contributed by atoms with Gasteiger partial charge in [-0.1, -0.05) is 18.2 Å². The summed E-state index contributed by atoms with van der Waals surface area (Å²) in [4.78, 5) is 31.4. The van der Waals surface area contributed by atoms with E-state index in [4.69, 9.17) is 0 Å². The molecular formula is C12H9O6-3. The molecule has 0 aromatic heterocycles. The Morgan fingerprint density at radius 1 is 0.778 bits per heavy atom. The summed E-state index contributed by atoms with van der Waals surface area (Å²) in [6.07, 6.45) is -1.29. The Labute approximate surface area is 102 Å². The summed E-state index contributed by atoms with van der Waals surface area (Å²) < 4.78 is 0. The number of hydrogen-bond acceptors (Lipinski definition) is 6. The zero-order chi connectivity index (χ0) is 13.7. The van der Waals surface area contributed by atoms with E-state index in [-0.39, 0.29) is 17.5 Å². The number of carboxylic acid groups (broad SMARTS) is 3. The van der Waals surface area contributed by atoms with Gasteiger partial charge in [0.2, 0.25) is 0 Å². The van der Waals surface area contributed by atoms with Crippen LogP contribution in [0.1, 0.15) is 16.7 Å². The molecule has 1 aromatic rings. The molecule has 0 bridgehead atoms. The van der Waals surface area contributed by atoms with Gasteiger partial charge in [0.1, 0.15) is 0 Å². The van der Waals surface area contributed by atoms with Crippen LogP contribution in [0.5, 0.6) is 0 Å². The number of carbonyl (C=O) groups is 3. The highest BCUT2D eigenvalue weighted by Gasteiger charge is 2.05. The van der Waals surface area contributed by atoms with Crippen LogP contribution in [-0.2, 0) is 33.6 Å². The molecule has 0 spiro atoms. The van der Waals surface area contributed by atoms with Gasteiger partial charge in [0.15, 0.2) is 0 Å². The summed E-state index contributed by atoms with van der Waals surface area (Å²) in [6.45, 7) is 0. The highest BCUT2D eigenvalue weighted by Crippen LogP contribution is 2.14. The van der Waals surface area contributed by atoms with Crippen molar-refractivity contribution >= 4 is 17.9 Å². The van der Waals surface area contributed by atoms with Gasteiger partial charge in [-0.2, -0.15) is 0 Å². The van der Waals surface area contributed by atoms with Crippen molar-refractivity contribution in [2.75, 3.05) is 0 Å². The third-order valence-electron chi connectivity index (χ3n) is 2.29. The molecule has 96 valence electrons. The highest BCUT2D eigenvalue weighted by molar-refractivity contribution is 5.73. The lowest BCUT2D eigenvalue weighted by Crippen LogP contribution is -2.28. The molecule has 1 rings (SSSR count). The van der Waals surface area contributed by atoms with Crippen molar-refractivity contribution in [3.63, 3.8) is 0 Å². The summed E-state index contributed by atoms with van der Waals surface area (Å²) in [6, 6.07) is 4.10. The first-order valence-electron chi connectivity index (χ1n) is 5.08. The van der Waals surface area contributed by atoms with Crippen molar-refractivity contribution in [1.82, 2.24) is 0 Å². The second-order valence-electron chi connectivity index (χ2n) is 3.75. The lowest BCUT2D eigenvalue weighted by atomic mass is 9.98. The molecule has 0 saturated carbocycles. The molecule has 0 heterocycles. The molecule has 0 N–H and O–H groups in total.